The van der Waals surface area contributed by atoms with E-state index < -0.39 is 17.2 Å². The largest absolute Gasteiger partial charge is 0.383 e. The van der Waals surface area contributed by atoms with Crippen LogP contribution in [0.2, 0.25) is 0 Å². The molecule has 0 aliphatic rings. The van der Waals surface area contributed by atoms with Gasteiger partial charge in [0.1, 0.15) is 11.6 Å². The molecule has 0 saturated carbocycles. The number of amides is 1. The van der Waals surface area contributed by atoms with Crippen molar-refractivity contribution >= 4 is 23.5 Å². The van der Waals surface area contributed by atoms with Crippen molar-refractivity contribution in [3.05, 3.63) is 62.2 Å². The summed E-state index contributed by atoms with van der Waals surface area (Å²) in [6, 6.07) is 4.14. The lowest BCUT2D eigenvalue weighted by Crippen LogP contribution is -2.38. The molecule has 0 radical (unpaired) electrons. The number of anilines is 2. The van der Waals surface area contributed by atoms with E-state index in [2.05, 4.69) is 28.5 Å². The summed E-state index contributed by atoms with van der Waals surface area (Å²) in [5.74, 6) is 0.489. The molecule has 0 spiro atoms. The van der Waals surface area contributed by atoms with Gasteiger partial charge >= 0.3 is 5.69 Å². The average molecular weight is 468 g/mol. The molecule has 34 heavy (non-hydrogen) atoms. The summed E-state index contributed by atoms with van der Waals surface area (Å²) in [5.41, 5.74) is 7.63. The number of hydrogen-bond acceptors (Lipinski definition) is 5. The molecule has 3 N–H and O–H groups in total. The van der Waals surface area contributed by atoms with Crippen molar-refractivity contribution in [2.24, 2.45) is 0 Å². The fraction of sp³-hybridized carbons (Fsp3) is 0.417. The van der Waals surface area contributed by atoms with Crippen LogP contribution in [0, 0.1) is 13.8 Å². The van der Waals surface area contributed by atoms with Gasteiger partial charge in [0, 0.05) is 43.2 Å². The number of unbranched alkanes of at least 4 members (excludes halogenated alkanes) is 1. The summed E-state index contributed by atoms with van der Waals surface area (Å²) in [5, 5.41) is 4.41. The first-order chi connectivity index (χ1) is 16.1. The van der Waals surface area contributed by atoms with E-state index in [4.69, 9.17) is 5.73 Å². The van der Waals surface area contributed by atoms with Gasteiger partial charge in [-0.05, 0) is 51.8 Å². The highest BCUT2D eigenvalue weighted by Gasteiger charge is 2.20. The minimum absolute atomic E-state index is 0.0217. The molecule has 10 heteroatoms. The van der Waals surface area contributed by atoms with E-state index in [1.807, 2.05) is 37.6 Å². The molecule has 3 rings (SSSR count). The zero-order chi connectivity index (χ0) is 25.2. The number of nitrogens with one attached hydrogen (secondary N) is 1. The van der Waals surface area contributed by atoms with Crippen molar-refractivity contribution in [1.82, 2.24) is 23.9 Å². The van der Waals surface area contributed by atoms with Crippen molar-refractivity contribution < 1.29 is 4.79 Å². The van der Waals surface area contributed by atoms with Gasteiger partial charge in [-0.15, -0.1) is 0 Å². The van der Waals surface area contributed by atoms with Crippen molar-refractivity contribution in [2.75, 3.05) is 17.7 Å². The van der Waals surface area contributed by atoms with Gasteiger partial charge in [0.15, 0.2) is 5.69 Å². The quantitative estimate of drug-likeness (QED) is 0.493. The first-order valence-electron chi connectivity index (χ1n) is 11.4. The summed E-state index contributed by atoms with van der Waals surface area (Å²) in [7, 11) is 1.46. The third kappa shape index (κ3) is 4.61. The number of hydrogen-bond donors (Lipinski definition) is 2. The smallest absolute Gasteiger partial charge is 0.330 e. The van der Waals surface area contributed by atoms with E-state index in [9.17, 15) is 14.4 Å². The van der Waals surface area contributed by atoms with E-state index in [1.165, 1.54) is 22.6 Å². The Morgan fingerprint density at radius 2 is 2.00 bits per heavy atom. The first kappa shape index (κ1) is 24.8. The summed E-state index contributed by atoms with van der Waals surface area (Å²) >= 11 is 0. The number of nitrogen functional groups attached to an aromatic ring is 1. The van der Waals surface area contributed by atoms with E-state index >= 15 is 0 Å². The number of aromatic amines is 1. The third-order valence-corrected chi connectivity index (χ3v) is 5.86. The Balaban J connectivity index is 1.92. The van der Waals surface area contributed by atoms with Crippen molar-refractivity contribution in [3.63, 3.8) is 0 Å². The zero-order valence-electron chi connectivity index (χ0n) is 20.6. The second-order valence-corrected chi connectivity index (χ2v) is 8.62. The molecule has 0 aliphatic heterocycles. The molecule has 0 aromatic carbocycles. The third-order valence-electron chi connectivity index (χ3n) is 5.86. The molecule has 0 unspecified atom stereocenters. The predicted octanol–water partition coefficient (Wildman–Crippen LogP) is 2.78. The molecule has 3 aromatic heterocycles. The number of likely N-dealkylation sites (N-methyl/N-ethyl adjacent to an activating group) is 1. The van der Waals surface area contributed by atoms with Gasteiger partial charge in [-0.3, -0.25) is 19.1 Å². The molecule has 0 saturated heterocycles. The number of carbonyl (C=O) groups is 1. The molecular weight excluding hydrogens is 434 g/mol. The first-order valence-corrected chi connectivity index (χ1v) is 11.4. The van der Waals surface area contributed by atoms with E-state index in [0.717, 1.165) is 35.6 Å². The van der Waals surface area contributed by atoms with Gasteiger partial charge in [0.05, 0.1) is 6.20 Å². The van der Waals surface area contributed by atoms with E-state index in [1.54, 1.807) is 12.3 Å². The number of aryl methyl sites for hydroxylation is 1. The lowest BCUT2D eigenvalue weighted by molar-refractivity contribution is -0.113. The van der Waals surface area contributed by atoms with Crippen molar-refractivity contribution in [1.29, 1.82) is 0 Å². The summed E-state index contributed by atoms with van der Waals surface area (Å²) in [6.45, 7) is 10.5. The van der Waals surface area contributed by atoms with Crippen molar-refractivity contribution in [3.8, 4) is 5.82 Å². The van der Waals surface area contributed by atoms with Gasteiger partial charge in [0.2, 0.25) is 0 Å². The number of rotatable bonds is 8. The van der Waals surface area contributed by atoms with Gasteiger partial charge in [0.25, 0.3) is 11.5 Å². The van der Waals surface area contributed by atoms with Gasteiger partial charge in [-0.1, -0.05) is 13.3 Å². The highest BCUT2D eigenvalue weighted by Crippen LogP contribution is 2.24. The van der Waals surface area contributed by atoms with Gasteiger partial charge < -0.3 is 15.2 Å². The fourth-order valence-electron chi connectivity index (χ4n) is 4.01. The van der Waals surface area contributed by atoms with Crippen LogP contribution in [0.3, 0.4) is 0 Å². The van der Waals surface area contributed by atoms with Crippen LogP contribution >= 0.6 is 0 Å². The van der Waals surface area contributed by atoms with Crippen LogP contribution in [-0.2, 0) is 11.3 Å². The fourth-order valence-corrected chi connectivity index (χ4v) is 4.01. The Morgan fingerprint density at radius 1 is 1.29 bits per heavy atom. The number of aromatic nitrogens is 5. The Labute approximate surface area is 198 Å². The van der Waals surface area contributed by atoms with Crippen LogP contribution in [0.4, 0.5) is 11.5 Å². The Kier molecular flexibility index (Phi) is 7.29. The monoisotopic (exact) mass is 467 g/mol. The highest BCUT2D eigenvalue weighted by molar-refractivity contribution is 6.04. The predicted molar refractivity (Wildman–Crippen MR) is 135 cm³/mol. The lowest BCUT2D eigenvalue weighted by Gasteiger charge is -2.19. The molecule has 0 fully saturated rings. The molecule has 182 valence electrons. The zero-order valence-corrected chi connectivity index (χ0v) is 20.6. The molecule has 0 bridgehead atoms. The molecule has 10 nitrogen and oxygen atoms in total. The topological polar surface area (TPSA) is 124 Å². The number of nitrogens with zero attached hydrogens (tertiary/aromatic N) is 5. The van der Waals surface area contributed by atoms with Gasteiger partial charge in [-0.25, -0.2) is 9.48 Å². The molecule has 0 aliphatic carbocycles. The Hall–Kier alpha value is -3.82. The maximum Gasteiger partial charge on any atom is 0.330 e. The number of nitrogens with two attached hydrogens (primary N) is 1. The average Bonchev–Trinajstić information content (AvgIpc) is 3.35. The SMILES string of the molecule is CCCCn1c(N)c(N(C)C(=O)/C=C/c2cc(C)n(-c3ccnn3C(C)C)c2C)c(=O)[nH]c1=O. The maximum absolute atomic E-state index is 12.9. The minimum Gasteiger partial charge on any atom is -0.383 e. The number of carbonyl (C=O) groups excluding carboxylic acids is 1. The summed E-state index contributed by atoms with van der Waals surface area (Å²) in [6.07, 6.45) is 6.45. The summed E-state index contributed by atoms with van der Waals surface area (Å²) < 4.78 is 5.32. The maximum atomic E-state index is 12.9. The minimum atomic E-state index is -0.695. The Bertz CT molecular complexity index is 1340. The standard InChI is InChI=1S/C24H33N7O3/c1-7-8-13-29-22(25)21(23(33)27-24(29)34)28(6)20(32)10-9-18-14-16(4)30(17(18)5)19-11-12-26-31(19)15(2)3/h9-12,14-15H,7-8,13,25H2,1-6H3,(H,27,33,34)/b10-9+. The Morgan fingerprint density at radius 3 is 2.65 bits per heavy atom. The van der Waals surface area contributed by atoms with Crippen LogP contribution in [0.5, 0.6) is 0 Å². The van der Waals surface area contributed by atoms with E-state index in [-0.39, 0.29) is 17.5 Å². The normalized spacial score (nSPS) is 11.6. The van der Waals surface area contributed by atoms with E-state index in [0.29, 0.717) is 6.54 Å². The van der Waals surface area contributed by atoms with Crippen molar-refractivity contribution in [2.45, 2.75) is 60.0 Å². The molecule has 0 atom stereocenters. The van der Waals surface area contributed by atoms with Crippen LogP contribution in [0.25, 0.3) is 11.9 Å². The highest BCUT2D eigenvalue weighted by atomic mass is 16.2. The lowest BCUT2D eigenvalue weighted by atomic mass is 10.2. The van der Waals surface area contributed by atoms with Crippen LogP contribution in [0.15, 0.2) is 34.0 Å². The van der Waals surface area contributed by atoms with Gasteiger partial charge in [-0.2, -0.15) is 5.10 Å². The van der Waals surface area contributed by atoms with Crippen LogP contribution in [0.1, 0.15) is 56.6 Å². The number of H-pyrrole nitrogens is 1. The van der Waals surface area contributed by atoms with Crippen LogP contribution in [-0.4, -0.2) is 36.9 Å². The molecule has 1 amide bonds. The summed E-state index contributed by atoms with van der Waals surface area (Å²) in [4.78, 5) is 41.0. The molecule has 3 heterocycles. The second kappa shape index (κ2) is 9.98. The van der Waals surface area contributed by atoms with Crippen LogP contribution < -0.4 is 21.9 Å². The molecular formula is C24H33N7O3. The molecule has 3 aromatic rings. The second-order valence-electron chi connectivity index (χ2n) is 8.62.